The number of carbonyl (C=O) groups is 1. The van der Waals surface area contributed by atoms with Crippen molar-refractivity contribution < 1.29 is 30.2 Å². The molecule has 0 fully saturated rings. The summed E-state index contributed by atoms with van der Waals surface area (Å²) in [5.41, 5.74) is 5.20. The fraction of sp³-hybridized carbons (Fsp3) is 0.588. The van der Waals surface area contributed by atoms with Crippen molar-refractivity contribution in [3.63, 3.8) is 0 Å². The highest BCUT2D eigenvalue weighted by Crippen LogP contribution is 2.21. The third-order valence-electron chi connectivity index (χ3n) is 4.44. The molecule has 0 aliphatic rings. The molecule has 1 aromatic rings. The third kappa shape index (κ3) is 10.5. The van der Waals surface area contributed by atoms with E-state index < -0.39 is 24.7 Å². The molecule has 162 valence electrons. The van der Waals surface area contributed by atoms with E-state index in [9.17, 15) is 20.1 Å². The average molecular weight is 441 g/mol. The molecular weight excluding hydrogens is 410 g/mol. The first-order valence-corrected chi connectivity index (χ1v) is 8.68. The van der Waals surface area contributed by atoms with Crippen LogP contribution in [-0.4, -0.2) is 69.0 Å². The van der Waals surface area contributed by atoms with E-state index in [4.69, 9.17) is 15.8 Å². The topological polar surface area (TPSA) is 147 Å². The van der Waals surface area contributed by atoms with Crippen molar-refractivity contribution in [3.05, 3.63) is 29.8 Å². The lowest BCUT2D eigenvalue weighted by Crippen LogP contribution is -2.50. The average Bonchev–Trinajstić information content (AvgIpc) is 2.56. The lowest BCUT2D eigenvalue weighted by Gasteiger charge is -2.28. The number of phenols is 1. The van der Waals surface area contributed by atoms with Gasteiger partial charge in [-0.25, -0.2) is 0 Å². The molecule has 1 rings (SSSR count). The molecule has 0 aliphatic heterocycles. The van der Waals surface area contributed by atoms with Gasteiger partial charge in [-0.15, -0.1) is 24.8 Å². The lowest BCUT2D eigenvalue weighted by atomic mass is 9.81. The van der Waals surface area contributed by atoms with Gasteiger partial charge in [0.2, 0.25) is 0 Å². The number of benzene rings is 1. The van der Waals surface area contributed by atoms with Gasteiger partial charge in [0.25, 0.3) is 0 Å². The Hall–Kier alpha value is -1.07. The van der Waals surface area contributed by atoms with Crippen molar-refractivity contribution in [3.8, 4) is 5.75 Å². The van der Waals surface area contributed by atoms with Crippen LogP contribution in [0.2, 0.25) is 6.32 Å². The second-order valence-corrected chi connectivity index (χ2v) is 6.81. The van der Waals surface area contributed by atoms with Gasteiger partial charge in [0, 0.05) is 13.1 Å². The molecule has 11 heteroatoms. The number of hydrogen-bond donors (Lipinski definition) is 6. The van der Waals surface area contributed by atoms with Gasteiger partial charge in [0.15, 0.2) is 0 Å². The summed E-state index contributed by atoms with van der Waals surface area (Å²) >= 11 is 0. The first-order valence-electron chi connectivity index (χ1n) is 8.68. The number of rotatable bonds is 12. The van der Waals surface area contributed by atoms with E-state index in [-0.39, 0.29) is 56.3 Å². The van der Waals surface area contributed by atoms with Crippen molar-refractivity contribution >= 4 is 37.9 Å². The molecule has 0 bridgehead atoms. The summed E-state index contributed by atoms with van der Waals surface area (Å²) in [5.74, 6) is -1.02. The first kappa shape index (κ1) is 29.1. The van der Waals surface area contributed by atoms with Crippen molar-refractivity contribution in [1.29, 1.82) is 0 Å². The van der Waals surface area contributed by atoms with Gasteiger partial charge in [-0.3, -0.25) is 4.79 Å². The van der Waals surface area contributed by atoms with Gasteiger partial charge in [-0.1, -0.05) is 25.0 Å². The number of aliphatic hydroxyl groups excluding tert-OH is 1. The number of phenolic OH excluding ortho intramolecular Hbond substituents is 1. The zero-order valence-electron chi connectivity index (χ0n) is 15.9. The Morgan fingerprint density at radius 3 is 2.43 bits per heavy atom. The Morgan fingerprint density at radius 1 is 1.25 bits per heavy atom. The number of aliphatic hydroxyl groups is 1. The lowest BCUT2D eigenvalue weighted by molar-refractivity contribution is -0.144. The van der Waals surface area contributed by atoms with E-state index >= 15 is 0 Å². The molecule has 1 aromatic carbocycles. The molecule has 0 spiro atoms. The van der Waals surface area contributed by atoms with Crippen LogP contribution >= 0.6 is 24.8 Å². The number of hydrogen-bond acceptors (Lipinski definition) is 7. The summed E-state index contributed by atoms with van der Waals surface area (Å²) < 4.78 is 0. The summed E-state index contributed by atoms with van der Waals surface area (Å²) in [7, 11) is 0.369. The van der Waals surface area contributed by atoms with Crippen LogP contribution < -0.4 is 5.73 Å². The standard InChI is InChI=1S/C17H29BN2O6.2ClH/c1-20(12-15(22)13-5-4-6-14(21)11-13)10-8-17(19,16(23)24)7-2-3-9-18(25)26;;/h4-6,11,15,21-22,25-26H,2-3,7-10,12,19H2,1H3,(H,23,24);2*1H/t15-,17+;;/m0../s1. The van der Waals surface area contributed by atoms with Crippen LogP contribution in [-0.2, 0) is 4.79 Å². The highest BCUT2D eigenvalue weighted by Gasteiger charge is 2.33. The highest BCUT2D eigenvalue weighted by molar-refractivity contribution is 6.40. The van der Waals surface area contributed by atoms with E-state index in [0.717, 1.165) is 0 Å². The van der Waals surface area contributed by atoms with Crippen molar-refractivity contribution in [2.24, 2.45) is 5.73 Å². The zero-order valence-corrected chi connectivity index (χ0v) is 17.5. The Labute approximate surface area is 178 Å². The second kappa shape index (κ2) is 14.0. The predicted octanol–water partition coefficient (Wildman–Crippen LogP) is 1.02. The van der Waals surface area contributed by atoms with Gasteiger partial charge < -0.3 is 36.0 Å². The van der Waals surface area contributed by atoms with Crippen LogP contribution in [0, 0.1) is 0 Å². The van der Waals surface area contributed by atoms with Crippen LogP contribution in [0.3, 0.4) is 0 Å². The first-order chi connectivity index (χ1) is 12.1. The van der Waals surface area contributed by atoms with Gasteiger partial charge in [0.1, 0.15) is 11.3 Å². The molecule has 0 saturated carbocycles. The van der Waals surface area contributed by atoms with Crippen LogP contribution in [0.5, 0.6) is 5.75 Å². The van der Waals surface area contributed by atoms with Crippen LogP contribution in [0.25, 0.3) is 0 Å². The fourth-order valence-corrected chi connectivity index (χ4v) is 2.72. The number of aromatic hydroxyl groups is 1. The number of carboxylic acid groups (broad SMARTS) is 1. The highest BCUT2D eigenvalue weighted by atomic mass is 35.5. The van der Waals surface area contributed by atoms with Crippen LogP contribution in [0.1, 0.15) is 37.4 Å². The smallest absolute Gasteiger partial charge is 0.451 e. The van der Waals surface area contributed by atoms with E-state index in [0.29, 0.717) is 24.9 Å². The number of nitrogens with two attached hydrogens (primary N) is 1. The number of halogens is 2. The van der Waals surface area contributed by atoms with Crippen molar-refractivity contribution in [2.45, 2.75) is 43.6 Å². The van der Waals surface area contributed by atoms with E-state index in [1.807, 2.05) is 0 Å². The molecule has 0 saturated heterocycles. The largest absolute Gasteiger partial charge is 0.508 e. The summed E-state index contributed by atoms with van der Waals surface area (Å²) in [5, 5.41) is 46.8. The summed E-state index contributed by atoms with van der Waals surface area (Å²) in [6.07, 6.45) is 0.776. The van der Waals surface area contributed by atoms with Crippen molar-refractivity contribution in [2.75, 3.05) is 20.1 Å². The number of likely N-dealkylation sites (N-methyl/N-ethyl adjacent to an activating group) is 1. The van der Waals surface area contributed by atoms with Gasteiger partial charge >= 0.3 is 13.1 Å². The Morgan fingerprint density at radius 2 is 1.89 bits per heavy atom. The molecule has 0 radical (unpaired) electrons. The Kier molecular flexibility index (Phi) is 14.6. The maximum absolute atomic E-state index is 11.5. The molecule has 2 atom stereocenters. The molecule has 0 aromatic heterocycles. The monoisotopic (exact) mass is 440 g/mol. The van der Waals surface area contributed by atoms with E-state index in [1.54, 1.807) is 24.1 Å². The molecule has 8 nitrogen and oxygen atoms in total. The zero-order chi connectivity index (χ0) is 19.7. The molecule has 7 N–H and O–H groups in total. The molecule has 0 heterocycles. The maximum Gasteiger partial charge on any atom is 0.451 e. The summed E-state index contributed by atoms with van der Waals surface area (Å²) in [6, 6.07) is 6.36. The van der Waals surface area contributed by atoms with Crippen LogP contribution in [0.4, 0.5) is 0 Å². The molecule has 0 aliphatic carbocycles. The van der Waals surface area contributed by atoms with E-state index in [2.05, 4.69) is 0 Å². The number of carboxylic acids is 1. The minimum Gasteiger partial charge on any atom is -0.508 e. The fourth-order valence-electron chi connectivity index (χ4n) is 2.72. The number of nitrogens with zero attached hydrogens (tertiary/aromatic N) is 1. The molecular formula is C17H31BCl2N2O6. The van der Waals surface area contributed by atoms with Gasteiger partial charge in [-0.05, 0) is 43.9 Å². The minimum atomic E-state index is -1.40. The predicted molar refractivity (Wildman–Crippen MR) is 113 cm³/mol. The minimum absolute atomic E-state index is 0. The summed E-state index contributed by atoms with van der Waals surface area (Å²) in [4.78, 5) is 13.3. The van der Waals surface area contributed by atoms with E-state index in [1.165, 1.54) is 12.1 Å². The Balaban J connectivity index is 0. The normalized spacial score (nSPS) is 13.8. The summed E-state index contributed by atoms with van der Waals surface area (Å²) in [6.45, 7) is 0.650. The SMILES string of the molecule is CN(CC[C@](N)(CCCCB(O)O)C(=O)O)C[C@H](O)c1cccc(O)c1.Cl.Cl. The molecule has 28 heavy (non-hydrogen) atoms. The number of aliphatic carboxylic acids is 1. The molecule has 0 amide bonds. The van der Waals surface area contributed by atoms with Gasteiger partial charge in [0.05, 0.1) is 6.10 Å². The quantitative estimate of drug-likeness (QED) is 0.208. The van der Waals surface area contributed by atoms with Crippen molar-refractivity contribution in [1.82, 2.24) is 4.90 Å². The Bertz CT molecular complexity index is 584. The number of unbranched alkanes of at least 4 members (excludes halogenated alkanes) is 1. The second-order valence-electron chi connectivity index (χ2n) is 6.81. The van der Waals surface area contributed by atoms with Gasteiger partial charge in [-0.2, -0.15) is 0 Å². The maximum atomic E-state index is 11.5. The van der Waals surface area contributed by atoms with Crippen LogP contribution in [0.15, 0.2) is 24.3 Å². The third-order valence-corrected chi connectivity index (χ3v) is 4.44. The molecule has 0 unspecified atom stereocenters.